The first-order valence-electron chi connectivity index (χ1n) is 7.87. The van der Waals surface area contributed by atoms with E-state index in [0.29, 0.717) is 26.8 Å². The van der Waals surface area contributed by atoms with Crippen LogP contribution in [0.2, 0.25) is 5.02 Å². The molecule has 0 saturated heterocycles. The molecule has 27 heavy (non-hydrogen) atoms. The summed E-state index contributed by atoms with van der Waals surface area (Å²) in [7, 11) is 0. The van der Waals surface area contributed by atoms with Gasteiger partial charge in [-0.15, -0.1) is 0 Å². The van der Waals surface area contributed by atoms with Crippen LogP contribution < -0.4 is 10.1 Å². The molecule has 0 radical (unpaired) electrons. The number of carbonyl (C=O) groups excluding carboxylic acids is 2. The third-order valence-corrected chi connectivity index (χ3v) is 4.58. The largest absolute Gasteiger partial charge is 0.488 e. The third kappa shape index (κ3) is 5.18. The fraction of sp³-hybridized carbons (Fsp3) is 0.105. The van der Waals surface area contributed by atoms with Gasteiger partial charge in [-0.25, -0.2) is 4.39 Å². The van der Waals surface area contributed by atoms with E-state index in [-0.39, 0.29) is 23.5 Å². The summed E-state index contributed by atoms with van der Waals surface area (Å²) in [6, 6.07) is 11.1. The number of rotatable bonds is 4. The van der Waals surface area contributed by atoms with Crippen molar-refractivity contribution in [2.45, 2.75) is 13.5 Å². The highest BCUT2D eigenvalue weighted by atomic mass is 35.5. The van der Waals surface area contributed by atoms with E-state index < -0.39 is 5.91 Å². The molecule has 1 N–H and O–H groups in total. The highest BCUT2D eigenvalue weighted by Crippen LogP contribution is 2.32. The maximum absolute atomic E-state index is 13.3. The number of amides is 2. The van der Waals surface area contributed by atoms with Gasteiger partial charge < -0.3 is 10.1 Å². The number of carbonyl (C=O) groups is 2. The summed E-state index contributed by atoms with van der Waals surface area (Å²) in [5, 5.41) is 3.18. The molecule has 1 heterocycles. The van der Waals surface area contributed by atoms with Crippen molar-refractivity contribution < 1.29 is 18.7 Å². The first kappa shape index (κ1) is 19.1. The minimum Gasteiger partial charge on any atom is -0.488 e. The van der Waals surface area contributed by atoms with Crippen molar-refractivity contribution in [3.8, 4) is 5.75 Å². The molecule has 1 aliphatic heterocycles. The normalized spacial score (nSPS) is 15.0. The molecule has 0 spiro atoms. The number of aliphatic imine (C=N–C) groups is 1. The Bertz CT molecular complexity index is 975. The second kappa shape index (κ2) is 8.37. The van der Waals surface area contributed by atoms with Crippen LogP contribution in [-0.4, -0.2) is 17.0 Å². The monoisotopic (exact) mass is 404 g/mol. The zero-order chi connectivity index (χ0) is 19.4. The van der Waals surface area contributed by atoms with E-state index in [4.69, 9.17) is 16.3 Å². The zero-order valence-electron chi connectivity index (χ0n) is 14.2. The first-order chi connectivity index (χ1) is 12.9. The van der Waals surface area contributed by atoms with Gasteiger partial charge in [0.2, 0.25) is 5.91 Å². The summed E-state index contributed by atoms with van der Waals surface area (Å²) in [6.45, 7) is 1.49. The molecule has 0 bridgehead atoms. The number of nitrogens with one attached hydrogen (secondary N) is 1. The molecule has 0 fully saturated rings. The maximum Gasteiger partial charge on any atom is 0.286 e. The smallest absolute Gasteiger partial charge is 0.286 e. The number of hydrogen-bond acceptors (Lipinski definition) is 4. The van der Waals surface area contributed by atoms with Crippen molar-refractivity contribution in [2.75, 3.05) is 0 Å². The van der Waals surface area contributed by atoms with Crippen molar-refractivity contribution in [1.82, 2.24) is 5.32 Å². The highest BCUT2D eigenvalue weighted by molar-refractivity contribution is 8.18. The van der Waals surface area contributed by atoms with E-state index in [1.165, 1.54) is 19.1 Å². The van der Waals surface area contributed by atoms with Crippen molar-refractivity contribution in [2.24, 2.45) is 4.99 Å². The van der Waals surface area contributed by atoms with Crippen LogP contribution in [0.4, 0.5) is 4.39 Å². The first-order valence-corrected chi connectivity index (χ1v) is 9.07. The van der Waals surface area contributed by atoms with Gasteiger partial charge in [-0.05, 0) is 53.7 Å². The lowest BCUT2D eigenvalue weighted by Gasteiger charge is -2.10. The molecular weight excluding hydrogens is 391 g/mol. The molecule has 2 amide bonds. The number of amidine groups is 1. The maximum atomic E-state index is 13.3. The molecule has 138 valence electrons. The van der Waals surface area contributed by atoms with Gasteiger partial charge in [0.15, 0.2) is 5.17 Å². The Morgan fingerprint density at radius 2 is 2.15 bits per heavy atom. The number of ether oxygens (including phenoxy) is 1. The zero-order valence-corrected chi connectivity index (χ0v) is 15.7. The van der Waals surface area contributed by atoms with Crippen molar-refractivity contribution in [1.29, 1.82) is 0 Å². The predicted molar refractivity (Wildman–Crippen MR) is 104 cm³/mol. The number of thioether (sulfide) groups is 1. The molecule has 0 unspecified atom stereocenters. The van der Waals surface area contributed by atoms with Crippen LogP contribution in [0.25, 0.3) is 6.08 Å². The van der Waals surface area contributed by atoms with Gasteiger partial charge in [-0.2, -0.15) is 4.99 Å². The highest BCUT2D eigenvalue weighted by Gasteiger charge is 2.23. The Morgan fingerprint density at radius 3 is 2.89 bits per heavy atom. The fourth-order valence-electron chi connectivity index (χ4n) is 2.31. The molecule has 8 heteroatoms. The summed E-state index contributed by atoms with van der Waals surface area (Å²) >= 11 is 7.12. The predicted octanol–water partition coefficient (Wildman–Crippen LogP) is 4.16. The molecule has 0 saturated carbocycles. The lowest BCUT2D eigenvalue weighted by atomic mass is 10.1. The quantitative estimate of drug-likeness (QED) is 0.777. The van der Waals surface area contributed by atoms with Crippen LogP contribution in [0.1, 0.15) is 18.1 Å². The topological polar surface area (TPSA) is 67.8 Å². The van der Waals surface area contributed by atoms with Gasteiger partial charge >= 0.3 is 0 Å². The number of halogens is 2. The summed E-state index contributed by atoms with van der Waals surface area (Å²) in [6.07, 6.45) is 1.60. The molecule has 5 nitrogen and oxygen atoms in total. The average Bonchev–Trinajstić information content (AvgIpc) is 2.92. The van der Waals surface area contributed by atoms with Crippen LogP contribution in [-0.2, 0) is 16.2 Å². The van der Waals surface area contributed by atoms with Crippen molar-refractivity contribution in [3.63, 3.8) is 0 Å². The van der Waals surface area contributed by atoms with Crippen molar-refractivity contribution >= 4 is 46.4 Å². The molecule has 0 aromatic heterocycles. The molecule has 3 rings (SSSR count). The van der Waals surface area contributed by atoms with E-state index in [2.05, 4.69) is 10.3 Å². The molecule has 2 aromatic carbocycles. The summed E-state index contributed by atoms with van der Waals surface area (Å²) in [5.41, 5.74) is 1.25. The van der Waals surface area contributed by atoms with Crippen molar-refractivity contribution in [3.05, 3.63) is 69.3 Å². The Balaban J connectivity index is 1.80. The van der Waals surface area contributed by atoms with Crippen LogP contribution in [0, 0.1) is 5.82 Å². The Labute approximate surface area is 164 Å². The molecule has 2 aromatic rings. The number of benzene rings is 2. The minimum atomic E-state index is -0.459. The SMILES string of the molecule is CC(=O)NC1=NC(=O)C(=Cc2cc(Cl)ccc2OCc2cccc(F)c2)S1. The minimum absolute atomic E-state index is 0.157. The fourth-order valence-corrected chi connectivity index (χ4v) is 3.34. The van der Waals surface area contributed by atoms with E-state index in [9.17, 15) is 14.0 Å². The average molecular weight is 405 g/mol. The summed E-state index contributed by atoms with van der Waals surface area (Å²) in [4.78, 5) is 27.3. The second-order valence-corrected chi connectivity index (χ2v) is 7.08. The lowest BCUT2D eigenvalue weighted by Crippen LogP contribution is -2.23. The third-order valence-electron chi connectivity index (χ3n) is 3.45. The Morgan fingerprint density at radius 1 is 1.33 bits per heavy atom. The lowest BCUT2D eigenvalue weighted by molar-refractivity contribution is -0.117. The van der Waals surface area contributed by atoms with E-state index >= 15 is 0 Å². The van der Waals surface area contributed by atoms with Crippen LogP contribution in [0.15, 0.2) is 52.4 Å². The summed E-state index contributed by atoms with van der Waals surface area (Å²) < 4.78 is 19.1. The van der Waals surface area contributed by atoms with Gasteiger partial charge in [-0.3, -0.25) is 9.59 Å². The second-order valence-electron chi connectivity index (χ2n) is 5.61. The Kier molecular flexibility index (Phi) is 5.93. The molecular formula is C19H14ClFN2O3S. The van der Waals surface area contributed by atoms with E-state index in [1.54, 1.807) is 36.4 Å². The van der Waals surface area contributed by atoms with Crippen LogP contribution in [0.3, 0.4) is 0 Å². The van der Waals surface area contributed by atoms with E-state index in [1.807, 2.05) is 0 Å². The van der Waals surface area contributed by atoms with Gasteiger partial charge in [0, 0.05) is 17.5 Å². The standard InChI is InChI=1S/C19H14ClFN2O3S/c1-11(24)22-19-23-18(25)17(27-19)9-13-8-14(20)5-6-16(13)26-10-12-3-2-4-15(21)7-12/h2-9H,10H2,1H3,(H,22,23,24,25). The summed E-state index contributed by atoms with van der Waals surface area (Å²) in [5.74, 6) is -0.625. The molecule has 1 aliphatic rings. The van der Waals surface area contributed by atoms with Crippen LogP contribution >= 0.6 is 23.4 Å². The Hall–Kier alpha value is -2.64. The number of nitrogens with zero attached hydrogens (tertiary/aromatic N) is 1. The van der Waals surface area contributed by atoms with Gasteiger partial charge in [0.05, 0.1) is 4.91 Å². The molecule has 0 aliphatic carbocycles. The van der Waals surface area contributed by atoms with Crippen LogP contribution in [0.5, 0.6) is 5.75 Å². The van der Waals surface area contributed by atoms with E-state index in [0.717, 1.165) is 11.8 Å². The molecule has 0 atom stereocenters. The van der Waals surface area contributed by atoms with Gasteiger partial charge in [0.25, 0.3) is 5.91 Å². The van der Waals surface area contributed by atoms with Gasteiger partial charge in [-0.1, -0.05) is 23.7 Å². The van der Waals surface area contributed by atoms with Gasteiger partial charge in [0.1, 0.15) is 18.2 Å². The number of hydrogen-bond donors (Lipinski definition) is 1.